The lowest BCUT2D eigenvalue weighted by atomic mass is 9.76. The van der Waals surface area contributed by atoms with Crippen LogP contribution in [0.25, 0.3) is 21.5 Å². The third-order valence-electron chi connectivity index (χ3n) is 7.37. The SMILES string of the molecule is C=C1OB(c2ccc3c(P)c(P)c4ccc(B5OC(C)(C)C(C)(C)O5)cc4c3c2)OC1(C)C. The first-order chi connectivity index (χ1) is 15.3. The van der Waals surface area contributed by atoms with Gasteiger partial charge in [-0.05, 0) is 84.6 Å². The van der Waals surface area contributed by atoms with Crippen LogP contribution in [0.3, 0.4) is 0 Å². The molecule has 3 aromatic rings. The van der Waals surface area contributed by atoms with Crippen LogP contribution in [-0.2, 0) is 18.6 Å². The van der Waals surface area contributed by atoms with E-state index in [1.54, 1.807) is 0 Å². The molecule has 0 aromatic heterocycles. The van der Waals surface area contributed by atoms with Crippen molar-refractivity contribution in [2.24, 2.45) is 0 Å². The fraction of sp³-hybridized carbons (Fsp3) is 0.360. The minimum Gasteiger partial charge on any atom is -0.534 e. The van der Waals surface area contributed by atoms with Gasteiger partial charge in [-0.2, -0.15) is 0 Å². The van der Waals surface area contributed by atoms with Gasteiger partial charge in [0.1, 0.15) is 5.60 Å². The van der Waals surface area contributed by atoms with E-state index in [0.717, 1.165) is 27.0 Å². The van der Waals surface area contributed by atoms with Crippen molar-refractivity contribution < 1.29 is 18.6 Å². The van der Waals surface area contributed by atoms with Gasteiger partial charge in [-0.15, -0.1) is 18.5 Å². The Labute approximate surface area is 201 Å². The van der Waals surface area contributed by atoms with E-state index in [9.17, 15) is 0 Å². The minimum absolute atomic E-state index is 0.385. The molecular weight excluding hydrogens is 448 g/mol. The van der Waals surface area contributed by atoms with Gasteiger partial charge in [-0.25, -0.2) is 0 Å². The Morgan fingerprint density at radius 1 is 0.667 bits per heavy atom. The zero-order chi connectivity index (χ0) is 23.9. The number of hydrogen-bond donors (Lipinski definition) is 0. The average molecular weight is 478 g/mol. The van der Waals surface area contributed by atoms with Crippen LogP contribution in [0, 0.1) is 0 Å². The summed E-state index contributed by atoms with van der Waals surface area (Å²) in [5, 5.41) is 6.95. The molecular formula is C25H30B2O4P2. The van der Waals surface area contributed by atoms with Crippen molar-refractivity contribution in [1.29, 1.82) is 0 Å². The molecule has 2 saturated heterocycles. The van der Waals surface area contributed by atoms with Gasteiger partial charge in [-0.3, -0.25) is 0 Å². The monoisotopic (exact) mass is 478 g/mol. The summed E-state index contributed by atoms with van der Waals surface area (Å²) in [7, 11) is 4.91. The van der Waals surface area contributed by atoms with Crippen molar-refractivity contribution >= 4 is 75.8 Å². The molecule has 2 aliphatic heterocycles. The van der Waals surface area contributed by atoms with Gasteiger partial charge >= 0.3 is 14.2 Å². The Morgan fingerprint density at radius 2 is 1.12 bits per heavy atom. The molecule has 0 radical (unpaired) electrons. The van der Waals surface area contributed by atoms with E-state index < -0.39 is 19.8 Å². The molecule has 0 saturated carbocycles. The smallest absolute Gasteiger partial charge is 0.534 e. The van der Waals surface area contributed by atoms with Crippen LogP contribution in [0.15, 0.2) is 48.7 Å². The van der Waals surface area contributed by atoms with E-state index in [2.05, 4.69) is 89.2 Å². The molecule has 2 fully saturated rings. The molecule has 0 N–H and O–H groups in total. The quantitative estimate of drug-likeness (QED) is 0.322. The van der Waals surface area contributed by atoms with Crippen LogP contribution in [0.1, 0.15) is 41.5 Å². The summed E-state index contributed by atoms with van der Waals surface area (Å²) in [6.45, 7) is 16.3. The van der Waals surface area contributed by atoms with Crippen molar-refractivity contribution in [3.63, 3.8) is 0 Å². The van der Waals surface area contributed by atoms with Crippen LogP contribution >= 0.6 is 18.5 Å². The summed E-state index contributed by atoms with van der Waals surface area (Å²) in [5.74, 6) is 0.646. The van der Waals surface area contributed by atoms with E-state index in [-0.39, 0.29) is 11.2 Å². The van der Waals surface area contributed by atoms with Crippen molar-refractivity contribution in [3.8, 4) is 0 Å². The molecule has 2 aliphatic rings. The van der Waals surface area contributed by atoms with Gasteiger partial charge in [0.2, 0.25) is 0 Å². The maximum Gasteiger partial charge on any atom is 0.563 e. The van der Waals surface area contributed by atoms with Crippen molar-refractivity contribution in [2.45, 2.75) is 58.3 Å². The normalized spacial score (nSPS) is 21.3. The lowest BCUT2D eigenvalue weighted by Gasteiger charge is -2.32. The zero-order valence-electron chi connectivity index (χ0n) is 20.1. The van der Waals surface area contributed by atoms with Gasteiger partial charge in [-0.1, -0.05) is 43.0 Å². The van der Waals surface area contributed by atoms with Crippen LogP contribution in [0.2, 0.25) is 0 Å². The molecule has 2 atom stereocenters. The lowest BCUT2D eigenvalue weighted by molar-refractivity contribution is 0.00578. The fourth-order valence-electron chi connectivity index (χ4n) is 4.37. The molecule has 33 heavy (non-hydrogen) atoms. The molecule has 5 rings (SSSR count). The summed E-state index contributed by atoms with van der Waals surface area (Å²) in [5.41, 5.74) is 0.698. The maximum atomic E-state index is 6.32. The Morgan fingerprint density at radius 3 is 1.55 bits per heavy atom. The van der Waals surface area contributed by atoms with Crippen molar-refractivity contribution in [3.05, 3.63) is 48.7 Å². The highest BCUT2D eigenvalue weighted by Gasteiger charge is 2.51. The van der Waals surface area contributed by atoms with Crippen molar-refractivity contribution in [2.75, 3.05) is 0 Å². The number of benzene rings is 3. The summed E-state index contributed by atoms with van der Waals surface area (Å²) in [4.78, 5) is 0. The number of hydrogen-bond acceptors (Lipinski definition) is 4. The highest BCUT2D eigenvalue weighted by molar-refractivity contribution is 7.37. The zero-order valence-corrected chi connectivity index (χ0v) is 22.4. The highest BCUT2D eigenvalue weighted by atomic mass is 31.0. The van der Waals surface area contributed by atoms with Gasteiger partial charge in [0.05, 0.1) is 17.0 Å². The molecule has 2 unspecified atom stereocenters. The fourth-order valence-corrected chi connectivity index (χ4v) is 5.18. The summed E-state index contributed by atoms with van der Waals surface area (Å²) < 4.78 is 24.8. The molecule has 0 amide bonds. The van der Waals surface area contributed by atoms with Crippen LogP contribution in [0.5, 0.6) is 0 Å². The van der Waals surface area contributed by atoms with E-state index in [4.69, 9.17) is 18.6 Å². The highest BCUT2D eigenvalue weighted by Crippen LogP contribution is 2.37. The first kappa shape index (κ1) is 23.3. The van der Waals surface area contributed by atoms with Gasteiger partial charge in [0.15, 0.2) is 0 Å². The lowest BCUT2D eigenvalue weighted by Crippen LogP contribution is -2.41. The third kappa shape index (κ3) is 3.67. The maximum absolute atomic E-state index is 6.32. The molecule has 170 valence electrons. The second kappa shape index (κ2) is 7.54. The van der Waals surface area contributed by atoms with Gasteiger partial charge < -0.3 is 18.6 Å². The van der Waals surface area contributed by atoms with E-state index in [1.165, 1.54) is 16.1 Å². The van der Waals surface area contributed by atoms with E-state index in [0.29, 0.717) is 5.76 Å². The molecule has 0 aliphatic carbocycles. The Kier molecular flexibility index (Phi) is 5.33. The van der Waals surface area contributed by atoms with E-state index in [1.807, 2.05) is 13.8 Å². The molecule has 2 heterocycles. The third-order valence-corrected chi connectivity index (χ3v) is 8.95. The number of rotatable bonds is 2. The summed E-state index contributed by atoms with van der Waals surface area (Å²) in [6, 6.07) is 12.8. The summed E-state index contributed by atoms with van der Waals surface area (Å²) in [6.07, 6.45) is 0. The van der Waals surface area contributed by atoms with Gasteiger partial charge in [0.25, 0.3) is 0 Å². The molecule has 4 nitrogen and oxygen atoms in total. The van der Waals surface area contributed by atoms with Crippen molar-refractivity contribution in [1.82, 2.24) is 0 Å². The minimum atomic E-state index is -0.513. The molecule has 0 bridgehead atoms. The molecule has 8 heteroatoms. The van der Waals surface area contributed by atoms with Crippen LogP contribution in [0.4, 0.5) is 0 Å². The van der Waals surface area contributed by atoms with Crippen LogP contribution in [-0.4, -0.2) is 31.0 Å². The van der Waals surface area contributed by atoms with Crippen LogP contribution < -0.4 is 21.5 Å². The van der Waals surface area contributed by atoms with E-state index >= 15 is 0 Å². The topological polar surface area (TPSA) is 36.9 Å². The largest absolute Gasteiger partial charge is 0.563 e. The second-order valence-electron chi connectivity index (χ2n) is 10.5. The predicted octanol–water partition coefficient (Wildman–Crippen LogP) is 3.33. The average Bonchev–Trinajstić information content (AvgIpc) is 3.14. The number of fused-ring (bicyclic) bond motifs is 3. The Balaban J connectivity index is 1.66. The first-order valence-electron chi connectivity index (χ1n) is 11.2. The first-order valence-corrected chi connectivity index (χ1v) is 12.4. The second-order valence-corrected chi connectivity index (χ2v) is 11.7. The Hall–Kier alpha value is -1.41. The molecule has 0 spiro atoms. The van der Waals surface area contributed by atoms with Gasteiger partial charge in [0, 0.05) is 0 Å². The standard InChI is InChI=1S/C25H30B2O4P2/c1-14-23(2,3)29-26(28-14)15-8-10-17-19(12-15)20-13-16(9-11-18(20)22(33)21(17)32)27-30-24(4,5)25(6,7)31-27/h8-13H,1,32-33H2,2-7H3. The molecule has 3 aromatic carbocycles. The summed E-state index contributed by atoms with van der Waals surface area (Å²) >= 11 is 0. The Bertz CT molecular complexity index is 1300. The predicted molar refractivity (Wildman–Crippen MR) is 147 cm³/mol.